The molecule has 0 radical (unpaired) electrons. The molecule has 3 aliphatic rings. The molecule has 2 unspecified atom stereocenters. The van der Waals surface area contributed by atoms with Crippen LogP contribution in [0.25, 0.3) is 6.08 Å². The molecule has 31 heavy (non-hydrogen) atoms. The molecular weight excluding hydrogens is 384 g/mol. The summed E-state index contributed by atoms with van der Waals surface area (Å²) in [6.45, 7) is 4.41. The van der Waals surface area contributed by atoms with Crippen LogP contribution in [0.15, 0.2) is 78.2 Å². The van der Waals surface area contributed by atoms with Crippen molar-refractivity contribution in [3.8, 4) is 0 Å². The lowest BCUT2D eigenvalue weighted by Gasteiger charge is -2.45. The predicted octanol–water partition coefficient (Wildman–Crippen LogP) is 4.31. The second-order valence-electron chi connectivity index (χ2n) is 9.43. The standard InChI is InChI=1S/C27H30N2O2/c1-27(2)21-10-6-8-12-23(21)29(4)24(27)16-20-25(30)19(26(20)31)15-18-14-13-17-9-5-7-11-22(17)28(18)3/h5-16,19-20,25-26,30-31H,1-4H3. The smallest absolute Gasteiger partial charge is 0.0717 e. The maximum Gasteiger partial charge on any atom is 0.0717 e. The number of aliphatic hydroxyl groups excluding tert-OH is 2. The lowest BCUT2D eigenvalue weighted by Crippen LogP contribution is -2.54. The van der Waals surface area contributed by atoms with Crippen LogP contribution < -0.4 is 9.80 Å². The Kier molecular flexibility index (Phi) is 4.61. The van der Waals surface area contributed by atoms with Crippen LogP contribution in [0.5, 0.6) is 0 Å². The van der Waals surface area contributed by atoms with Crippen molar-refractivity contribution in [2.45, 2.75) is 31.5 Å². The first kappa shape index (κ1) is 20.1. The second kappa shape index (κ2) is 7.11. The maximum atomic E-state index is 11.0. The van der Waals surface area contributed by atoms with Gasteiger partial charge in [0.1, 0.15) is 0 Å². The third-order valence-corrected chi connectivity index (χ3v) is 7.35. The van der Waals surface area contributed by atoms with Gasteiger partial charge in [0.25, 0.3) is 0 Å². The zero-order valence-corrected chi connectivity index (χ0v) is 18.5. The van der Waals surface area contributed by atoms with Gasteiger partial charge >= 0.3 is 0 Å². The number of benzene rings is 2. The fourth-order valence-corrected chi connectivity index (χ4v) is 5.37. The molecule has 2 aromatic carbocycles. The zero-order chi connectivity index (χ0) is 21.9. The molecule has 2 heterocycles. The minimum absolute atomic E-state index is 0.162. The predicted molar refractivity (Wildman–Crippen MR) is 127 cm³/mol. The maximum absolute atomic E-state index is 11.0. The number of hydrogen-bond acceptors (Lipinski definition) is 4. The highest BCUT2D eigenvalue weighted by atomic mass is 16.3. The van der Waals surface area contributed by atoms with Crippen molar-refractivity contribution in [3.63, 3.8) is 0 Å². The fraction of sp³-hybridized carbons (Fsp3) is 0.333. The molecule has 2 aromatic rings. The number of allylic oxidation sites excluding steroid dienone is 2. The topological polar surface area (TPSA) is 46.9 Å². The summed E-state index contributed by atoms with van der Waals surface area (Å²) < 4.78 is 0. The molecule has 4 nitrogen and oxygen atoms in total. The van der Waals surface area contributed by atoms with E-state index >= 15 is 0 Å². The molecule has 0 spiro atoms. The van der Waals surface area contributed by atoms with Crippen LogP contribution in [-0.2, 0) is 5.41 Å². The lowest BCUT2D eigenvalue weighted by atomic mass is 9.67. The zero-order valence-electron chi connectivity index (χ0n) is 18.5. The molecule has 1 saturated carbocycles. The van der Waals surface area contributed by atoms with Crippen LogP contribution in [0.2, 0.25) is 0 Å². The summed E-state index contributed by atoms with van der Waals surface area (Å²) in [4.78, 5) is 4.31. The van der Waals surface area contributed by atoms with Gasteiger partial charge in [0.05, 0.1) is 12.2 Å². The molecule has 1 aliphatic carbocycles. The average molecular weight is 415 g/mol. The van der Waals surface area contributed by atoms with Crippen molar-refractivity contribution >= 4 is 17.5 Å². The summed E-state index contributed by atoms with van der Waals surface area (Å²) in [5, 5.41) is 21.9. The van der Waals surface area contributed by atoms with Crippen LogP contribution in [0.4, 0.5) is 11.4 Å². The third-order valence-electron chi connectivity index (χ3n) is 7.35. The van der Waals surface area contributed by atoms with Crippen molar-refractivity contribution in [3.05, 3.63) is 89.3 Å². The molecule has 0 amide bonds. The number of rotatable bonds is 2. The minimum Gasteiger partial charge on any atom is -0.392 e. The largest absolute Gasteiger partial charge is 0.392 e. The first-order valence-electron chi connectivity index (χ1n) is 10.9. The van der Waals surface area contributed by atoms with E-state index in [9.17, 15) is 10.2 Å². The first-order valence-corrected chi connectivity index (χ1v) is 10.9. The van der Waals surface area contributed by atoms with Crippen molar-refractivity contribution in [2.75, 3.05) is 23.9 Å². The van der Waals surface area contributed by atoms with Gasteiger partial charge < -0.3 is 20.0 Å². The van der Waals surface area contributed by atoms with Gasteiger partial charge in [0, 0.05) is 54.1 Å². The number of fused-ring (bicyclic) bond motifs is 2. The van der Waals surface area contributed by atoms with E-state index in [1.165, 1.54) is 16.8 Å². The van der Waals surface area contributed by atoms with Crippen molar-refractivity contribution < 1.29 is 10.2 Å². The van der Waals surface area contributed by atoms with Crippen LogP contribution in [0.3, 0.4) is 0 Å². The number of hydrogen-bond donors (Lipinski definition) is 2. The van der Waals surface area contributed by atoms with E-state index in [0.29, 0.717) is 0 Å². The van der Waals surface area contributed by atoms with E-state index in [-0.39, 0.29) is 17.3 Å². The normalized spacial score (nSPS) is 31.0. The highest BCUT2D eigenvalue weighted by molar-refractivity contribution is 5.76. The Bertz CT molecular complexity index is 1100. The molecule has 0 aromatic heterocycles. The molecule has 2 N–H and O–H groups in total. The minimum atomic E-state index is -0.609. The van der Waals surface area contributed by atoms with E-state index < -0.39 is 12.2 Å². The first-order chi connectivity index (χ1) is 14.8. The Balaban J connectivity index is 1.39. The number of likely N-dealkylation sites (N-methyl/N-ethyl adjacent to an activating group) is 2. The van der Waals surface area contributed by atoms with Gasteiger partial charge in [-0.15, -0.1) is 0 Å². The Morgan fingerprint density at radius 1 is 0.774 bits per heavy atom. The van der Waals surface area contributed by atoms with E-state index in [0.717, 1.165) is 17.1 Å². The van der Waals surface area contributed by atoms with Gasteiger partial charge in [-0.3, -0.25) is 0 Å². The summed E-state index contributed by atoms with van der Waals surface area (Å²) in [6, 6.07) is 16.6. The average Bonchev–Trinajstić information content (AvgIpc) is 2.97. The molecule has 4 heteroatoms. The Hall–Kier alpha value is -2.82. The molecule has 2 aliphatic heterocycles. The van der Waals surface area contributed by atoms with Gasteiger partial charge in [-0.05, 0) is 29.3 Å². The van der Waals surface area contributed by atoms with Gasteiger partial charge in [-0.2, -0.15) is 0 Å². The molecule has 2 atom stereocenters. The Morgan fingerprint density at radius 2 is 1.39 bits per heavy atom. The number of nitrogens with zero attached hydrogens (tertiary/aromatic N) is 2. The Morgan fingerprint density at radius 3 is 2.10 bits per heavy atom. The SMILES string of the molecule is CN1C(=CC2C(O)C(C=C3N(C)c4ccccc4C3(C)C)C2O)C=Cc2ccccc21. The van der Waals surface area contributed by atoms with Gasteiger partial charge in [0.15, 0.2) is 0 Å². The summed E-state index contributed by atoms with van der Waals surface area (Å²) in [7, 11) is 4.09. The van der Waals surface area contributed by atoms with E-state index in [4.69, 9.17) is 0 Å². The van der Waals surface area contributed by atoms with Crippen molar-refractivity contribution in [1.29, 1.82) is 0 Å². The van der Waals surface area contributed by atoms with Crippen LogP contribution in [-0.4, -0.2) is 36.5 Å². The number of anilines is 2. The van der Waals surface area contributed by atoms with Crippen LogP contribution in [0, 0.1) is 11.8 Å². The van der Waals surface area contributed by atoms with Gasteiger partial charge in [-0.25, -0.2) is 0 Å². The molecule has 0 bridgehead atoms. The van der Waals surface area contributed by atoms with Gasteiger partial charge in [0.2, 0.25) is 0 Å². The highest BCUT2D eigenvalue weighted by Gasteiger charge is 2.49. The lowest BCUT2D eigenvalue weighted by molar-refractivity contribution is -0.111. The summed E-state index contributed by atoms with van der Waals surface area (Å²) >= 11 is 0. The number of aliphatic hydroxyl groups is 2. The second-order valence-corrected chi connectivity index (χ2v) is 9.43. The molecule has 0 saturated heterocycles. The molecule has 160 valence electrons. The quantitative estimate of drug-likeness (QED) is 0.769. The highest BCUT2D eigenvalue weighted by Crippen LogP contribution is 2.49. The summed E-state index contributed by atoms with van der Waals surface area (Å²) in [5.41, 5.74) is 6.73. The van der Waals surface area contributed by atoms with Crippen LogP contribution in [0.1, 0.15) is 25.0 Å². The summed E-state index contributed by atoms with van der Waals surface area (Å²) in [6.07, 6.45) is 7.02. The molecule has 5 rings (SSSR count). The third kappa shape index (κ3) is 2.97. The summed E-state index contributed by atoms with van der Waals surface area (Å²) in [5.74, 6) is -0.565. The number of para-hydroxylation sites is 2. The monoisotopic (exact) mass is 414 g/mol. The molecule has 1 fully saturated rings. The van der Waals surface area contributed by atoms with Crippen LogP contribution >= 0.6 is 0 Å². The Labute approximate surface area is 184 Å². The fourth-order valence-electron chi connectivity index (χ4n) is 5.37. The van der Waals surface area contributed by atoms with E-state index in [2.05, 4.69) is 85.3 Å². The molecular formula is C27H30N2O2. The van der Waals surface area contributed by atoms with Crippen molar-refractivity contribution in [1.82, 2.24) is 0 Å². The van der Waals surface area contributed by atoms with E-state index in [1.54, 1.807) is 0 Å². The van der Waals surface area contributed by atoms with E-state index in [1.807, 2.05) is 25.3 Å². The van der Waals surface area contributed by atoms with Crippen molar-refractivity contribution in [2.24, 2.45) is 11.8 Å². The van der Waals surface area contributed by atoms with Gasteiger partial charge in [-0.1, -0.05) is 68.5 Å².